The highest BCUT2D eigenvalue weighted by Gasteiger charge is 2.01. The van der Waals surface area contributed by atoms with Crippen LogP contribution in [-0.2, 0) is 6.42 Å². The molecule has 2 N–H and O–H groups in total. The van der Waals surface area contributed by atoms with Crippen LogP contribution >= 0.6 is 12.2 Å². The van der Waals surface area contributed by atoms with Gasteiger partial charge in [0, 0.05) is 11.8 Å². The van der Waals surface area contributed by atoms with E-state index in [1.165, 1.54) is 24.7 Å². The Morgan fingerprint density at radius 1 is 1.21 bits per heavy atom. The van der Waals surface area contributed by atoms with Crippen molar-refractivity contribution < 1.29 is 4.52 Å². The maximum absolute atomic E-state index is 5.18. The fourth-order valence-electron chi connectivity index (χ4n) is 1.69. The minimum absolute atomic E-state index is 0.496. The number of unbranched alkanes of at least 4 members (excludes halogenated alkanes) is 1. The number of thiocarbonyl (C=S) groups is 1. The molecule has 0 aliphatic heterocycles. The highest BCUT2D eigenvalue weighted by atomic mass is 32.1. The summed E-state index contributed by atoms with van der Waals surface area (Å²) in [6.07, 6.45) is 5.05. The van der Waals surface area contributed by atoms with Crippen LogP contribution in [-0.4, -0.2) is 10.3 Å². The third-order valence-corrected chi connectivity index (χ3v) is 2.91. The molecule has 1 aromatic heterocycles. The molecular formula is C14H17N3OS. The summed E-state index contributed by atoms with van der Waals surface area (Å²) in [5.41, 5.74) is 2.31. The molecule has 19 heavy (non-hydrogen) atoms. The van der Waals surface area contributed by atoms with E-state index in [9.17, 15) is 0 Å². The number of anilines is 2. The Bertz CT molecular complexity index is 508. The van der Waals surface area contributed by atoms with Crippen LogP contribution in [0.3, 0.4) is 0 Å². The van der Waals surface area contributed by atoms with Crippen molar-refractivity contribution in [3.8, 4) is 0 Å². The number of rotatable bonds is 5. The van der Waals surface area contributed by atoms with E-state index in [1.54, 1.807) is 6.07 Å². The van der Waals surface area contributed by atoms with Crippen LogP contribution in [0.15, 0.2) is 41.1 Å². The molecule has 100 valence electrons. The quantitative estimate of drug-likeness (QED) is 0.812. The molecule has 2 rings (SSSR count). The van der Waals surface area contributed by atoms with E-state index in [0.29, 0.717) is 10.9 Å². The zero-order chi connectivity index (χ0) is 13.5. The van der Waals surface area contributed by atoms with Gasteiger partial charge in [-0.15, -0.1) is 0 Å². The Morgan fingerprint density at radius 2 is 2.00 bits per heavy atom. The third-order valence-electron chi connectivity index (χ3n) is 2.71. The first kappa shape index (κ1) is 13.5. The molecule has 0 amide bonds. The van der Waals surface area contributed by atoms with Crippen molar-refractivity contribution >= 4 is 28.8 Å². The zero-order valence-corrected chi connectivity index (χ0v) is 11.7. The van der Waals surface area contributed by atoms with Crippen molar-refractivity contribution in [2.45, 2.75) is 26.2 Å². The maximum atomic E-state index is 5.18. The minimum atomic E-state index is 0.496. The van der Waals surface area contributed by atoms with Crippen molar-refractivity contribution in [1.29, 1.82) is 0 Å². The lowest BCUT2D eigenvalue weighted by Gasteiger charge is -2.08. The summed E-state index contributed by atoms with van der Waals surface area (Å²) in [6, 6.07) is 10.0. The first-order chi connectivity index (χ1) is 9.28. The fourth-order valence-corrected chi connectivity index (χ4v) is 1.91. The van der Waals surface area contributed by atoms with E-state index < -0.39 is 0 Å². The molecule has 0 fully saturated rings. The van der Waals surface area contributed by atoms with Crippen LogP contribution < -0.4 is 10.6 Å². The number of hydrogen-bond donors (Lipinski definition) is 2. The lowest BCUT2D eigenvalue weighted by Crippen LogP contribution is -2.19. The van der Waals surface area contributed by atoms with Gasteiger partial charge in [0.05, 0.1) is 0 Å². The molecule has 0 unspecified atom stereocenters. The van der Waals surface area contributed by atoms with Gasteiger partial charge in [0.1, 0.15) is 6.26 Å². The summed E-state index contributed by atoms with van der Waals surface area (Å²) in [6.45, 7) is 2.20. The molecule has 1 aromatic carbocycles. The van der Waals surface area contributed by atoms with Crippen molar-refractivity contribution in [2.75, 3.05) is 10.6 Å². The summed E-state index contributed by atoms with van der Waals surface area (Å²) in [7, 11) is 0. The lowest BCUT2D eigenvalue weighted by atomic mass is 10.1. The summed E-state index contributed by atoms with van der Waals surface area (Å²) in [4.78, 5) is 0. The predicted molar refractivity (Wildman–Crippen MR) is 81.4 cm³/mol. The number of nitrogens with zero attached hydrogens (tertiary/aromatic N) is 1. The van der Waals surface area contributed by atoms with Crippen LogP contribution in [0.1, 0.15) is 25.3 Å². The van der Waals surface area contributed by atoms with Crippen molar-refractivity contribution in [1.82, 2.24) is 5.16 Å². The normalized spacial score (nSPS) is 10.2. The van der Waals surface area contributed by atoms with Crippen LogP contribution in [0, 0.1) is 0 Å². The lowest BCUT2D eigenvalue weighted by molar-refractivity contribution is 0.423. The Balaban J connectivity index is 1.86. The van der Waals surface area contributed by atoms with Crippen LogP contribution in [0.25, 0.3) is 0 Å². The zero-order valence-electron chi connectivity index (χ0n) is 10.8. The molecule has 0 saturated heterocycles. The molecular weight excluding hydrogens is 258 g/mol. The topological polar surface area (TPSA) is 50.1 Å². The smallest absolute Gasteiger partial charge is 0.176 e. The van der Waals surface area contributed by atoms with Crippen LogP contribution in [0.4, 0.5) is 11.5 Å². The highest BCUT2D eigenvalue weighted by molar-refractivity contribution is 7.80. The molecule has 2 aromatic rings. The van der Waals surface area contributed by atoms with Gasteiger partial charge in [0.2, 0.25) is 0 Å². The van der Waals surface area contributed by atoms with Gasteiger partial charge in [0.25, 0.3) is 0 Å². The molecule has 0 aliphatic rings. The second kappa shape index (κ2) is 6.89. The average Bonchev–Trinajstić information content (AvgIpc) is 2.90. The number of aromatic nitrogens is 1. The van der Waals surface area contributed by atoms with Crippen molar-refractivity contribution in [3.05, 3.63) is 42.2 Å². The predicted octanol–water partition coefficient (Wildman–Crippen LogP) is 3.83. The van der Waals surface area contributed by atoms with E-state index in [1.807, 2.05) is 12.1 Å². The minimum Gasteiger partial charge on any atom is -0.363 e. The Morgan fingerprint density at radius 3 is 2.63 bits per heavy atom. The molecule has 0 radical (unpaired) electrons. The molecule has 1 heterocycles. The number of aryl methyl sites for hydroxylation is 1. The molecule has 0 atom stereocenters. The van der Waals surface area contributed by atoms with Crippen molar-refractivity contribution in [2.24, 2.45) is 0 Å². The molecule has 0 spiro atoms. The number of benzene rings is 1. The van der Waals surface area contributed by atoms with Gasteiger partial charge in [-0.05, 0) is 42.8 Å². The molecule has 0 aliphatic carbocycles. The van der Waals surface area contributed by atoms with Gasteiger partial charge in [-0.2, -0.15) is 0 Å². The van der Waals surface area contributed by atoms with Crippen LogP contribution in [0.2, 0.25) is 0 Å². The summed E-state index contributed by atoms with van der Waals surface area (Å²) < 4.78 is 4.72. The summed E-state index contributed by atoms with van der Waals surface area (Å²) >= 11 is 5.18. The monoisotopic (exact) mass is 275 g/mol. The van der Waals surface area contributed by atoms with Gasteiger partial charge in [-0.25, -0.2) is 0 Å². The third kappa shape index (κ3) is 4.37. The largest absolute Gasteiger partial charge is 0.363 e. The first-order valence-electron chi connectivity index (χ1n) is 6.35. The van der Waals surface area contributed by atoms with Gasteiger partial charge in [-0.3, -0.25) is 0 Å². The number of nitrogens with one attached hydrogen (secondary N) is 2. The second-order valence-electron chi connectivity index (χ2n) is 4.26. The Kier molecular flexibility index (Phi) is 4.92. The van der Waals surface area contributed by atoms with Crippen LogP contribution in [0.5, 0.6) is 0 Å². The number of hydrogen-bond acceptors (Lipinski definition) is 3. The average molecular weight is 275 g/mol. The van der Waals surface area contributed by atoms with E-state index in [4.69, 9.17) is 16.7 Å². The fraction of sp³-hybridized carbons (Fsp3) is 0.286. The van der Waals surface area contributed by atoms with Gasteiger partial charge in [0.15, 0.2) is 10.9 Å². The molecule has 5 heteroatoms. The van der Waals surface area contributed by atoms with E-state index in [-0.39, 0.29) is 0 Å². The maximum Gasteiger partial charge on any atom is 0.176 e. The second-order valence-corrected chi connectivity index (χ2v) is 4.67. The van der Waals surface area contributed by atoms with E-state index >= 15 is 0 Å². The SMILES string of the molecule is CCCCc1ccc(NC(=S)Nc2ccon2)cc1. The van der Waals surface area contributed by atoms with Crippen molar-refractivity contribution in [3.63, 3.8) is 0 Å². The standard InChI is InChI=1S/C14H17N3OS/c1-2-3-4-11-5-7-12(8-6-11)15-14(19)16-13-9-10-18-17-13/h5-10H,2-4H2,1H3,(H2,15,16,17,19). The first-order valence-corrected chi connectivity index (χ1v) is 6.76. The summed E-state index contributed by atoms with van der Waals surface area (Å²) in [5.74, 6) is 0.595. The molecule has 0 bridgehead atoms. The van der Waals surface area contributed by atoms with Gasteiger partial charge in [-0.1, -0.05) is 30.6 Å². The Hall–Kier alpha value is -1.88. The molecule has 4 nitrogen and oxygen atoms in total. The van der Waals surface area contributed by atoms with Gasteiger partial charge >= 0.3 is 0 Å². The Labute approximate surface area is 118 Å². The highest BCUT2D eigenvalue weighted by Crippen LogP contribution is 2.12. The summed E-state index contributed by atoms with van der Waals surface area (Å²) in [5, 5.41) is 10.3. The van der Waals surface area contributed by atoms with E-state index in [0.717, 1.165) is 12.1 Å². The van der Waals surface area contributed by atoms with Gasteiger partial charge < -0.3 is 15.2 Å². The van der Waals surface area contributed by atoms with E-state index in [2.05, 4.69) is 34.8 Å². The molecule has 0 saturated carbocycles.